The minimum absolute atomic E-state index is 0.100. The Morgan fingerprint density at radius 1 is 0.923 bits per heavy atom. The van der Waals surface area contributed by atoms with Crippen LogP contribution in [0, 0.1) is 6.92 Å². The van der Waals surface area contributed by atoms with Gasteiger partial charge in [-0.1, -0.05) is 48.5 Å². The summed E-state index contributed by atoms with van der Waals surface area (Å²) in [6.07, 6.45) is 1.79. The molecule has 0 bridgehead atoms. The molecule has 4 aromatic rings. The average molecular weight is 342 g/mol. The van der Waals surface area contributed by atoms with E-state index in [1.807, 2.05) is 61.5 Å². The van der Waals surface area contributed by atoms with Gasteiger partial charge in [-0.15, -0.1) is 0 Å². The van der Waals surface area contributed by atoms with E-state index in [1.54, 1.807) is 10.6 Å². The van der Waals surface area contributed by atoms with Gasteiger partial charge in [0.15, 0.2) is 0 Å². The highest BCUT2D eigenvalue weighted by Crippen LogP contribution is 2.22. The smallest absolute Gasteiger partial charge is 0.258 e. The molecule has 128 valence electrons. The van der Waals surface area contributed by atoms with Gasteiger partial charge in [-0.3, -0.25) is 9.20 Å². The molecule has 0 saturated heterocycles. The van der Waals surface area contributed by atoms with E-state index < -0.39 is 0 Å². The standard InChI is InChI=1S/C22H18N2O2/c1-16-7-12-21-23-19(13-22(25)24(21)14-16)15-26-20-10-8-18(9-11-20)17-5-3-2-4-6-17/h2-14H,15H2,1H3. The normalized spacial score (nSPS) is 10.8. The van der Waals surface area contributed by atoms with Crippen LogP contribution in [-0.4, -0.2) is 9.38 Å². The summed E-state index contributed by atoms with van der Waals surface area (Å²) in [6.45, 7) is 2.20. The molecule has 0 N–H and O–H groups in total. The molecule has 2 aromatic carbocycles. The number of fused-ring (bicyclic) bond motifs is 1. The first-order chi connectivity index (χ1) is 12.7. The summed E-state index contributed by atoms with van der Waals surface area (Å²) in [7, 11) is 0. The fraction of sp³-hybridized carbons (Fsp3) is 0.0909. The lowest BCUT2D eigenvalue weighted by Crippen LogP contribution is -2.16. The highest BCUT2D eigenvalue weighted by atomic mass is 16.5. The van der Waals surface area contributed by atoms with Gasteiger partial charge in [0.2, 0.25) is 0 Å². The van der Waals surface area contributed by atoms with Gasteiger partial charge in [0.05, 0.1) is 5.69 Å². The molecule has 2 aromatic heterocycles. The minimum atomic E-state index is -0.100. The van der Waals surface area contributed by atoms with Crippen LogP contribution in [0.15, 0.2) is 83.8 Å². The van der Waals surface area contributed by atoms with E-state index in [2.05, 4.69) is 17.1 Å². The Morgan fingerprint density at radius 3 is 2.42 bits per heavy atom. The van der Waals surface area contributed by atoms with Crippen molar-refractivity contribution in [1.82, 2.24) is 9.38 Å². The molecule has 0 spiro atoms. The minimum Gasteiger partial charge on any atom is -0.487 e. The van der Waals surface area contributed by atoms with Crippen LogP contribution in [0.5, 0.6) is 5.75 Å². The summed E-state index contributed by atoms with van der Waals surface area (Å²) in [5.74, 6) is 0.746. The summed E-state index contributed by atoms with van der Waals surface area (Å²) in [5, 5.41) is 0. The van der Waals surface area contributed by atoms with Crippen LogP contribution < -0.4 is 10.3 Å². The molecule has 2 heterocycles. The van der Waals surface area contributed by atoms with E-state index in [9.17, 15) is 4.79 Å². The van der Waals surface area contributed by atoms with Crippen molar-refractivity contribution >= 4 is 5.65 Å². The van der Waals surface area contributed by atoms with Crippen molar-refractivity contribution in [2.45, 2.75) is 13.5 Å². The number of hydrogen-bond acceptors (Lipinski definition) is 3. The number of aromatic nitrogens is 2. The number of hydrogen-bond donors (Lipinski definition) is 0. The number of rotatable bonds is 4. The van der Waals surface area contributed by atoms with Crippen molar-refractivity contribution in [1.29, 1.82) is 0 Å². The summed E-state index contributed by atoms with van der Waals surface area (Å²) in [4.78, 5) is 16.7. The first-order valence-corrected chi connectivity index (χ1v) is 8.46. The molecule has 4 rings (SSSR count). The second-order valence-electron chi connectivity index (χ2n) is 6.20. The number of pyridine rings is 1. The second-order valence-corrected chi connectivity index (χ2v) is 6.20. The van der Waals surface area contributed by atoms with Crippen LogP contribution in [0.4, 0.5) is 0 Å². The third-order valence-corrected chi connectivity index (χ3v) is 4.21. The molecule has 0 aliphatic heterocycles. The highest BCUT2D eigenvalue weighted by Gasteiger charge is 2.04. The summed E-state index contributed by atoms with van der Waals surface area (Å²) >= 11 is 0. The molecule has 0 radical (unpaired) electrons. The molecule has 0 atom stereocenters. The predicted octanol–water partition coefficient (Wildman–Crippen LogP) is 4.25. The third-order valence-electron chi connectivity index (χ3n) is 4.21. The number of aryl methyl sites for hydroxylation is 1. The Hall–Kier alpha value is -3.40. The van der Waals surface area contributed by atoms with Crippen molar-refractivity contribution in [3.8, 4) is 16.9 Å². The van der Waals surface area contributed by atoms with Crippen molar-refractivity contribution in [2.24, 2.45) is 0 Å². The first kappa shape index (κ1) is 16.1. The van der Waals surface area contributed by atoms with Crippen molar-refractivity contribution in [3.05, 3.63) is 101 Å². The highest BCUT2D eigenvalue weighted by molar-refractivity contribution is 5.63. The van der Waals surface area contributed by atoms with Gasteiger partial charge in [-0.25, -0.2) is 4.98 Å². The molecule has 0 saturated carbocycles. The van der Waals surface area contributed by atoms with Gasteiger partial charge >= 0.3 is 0 Å². The van der Waals surface area contributed by atoms with E-state index in [0.29, 0.717) is 11.3 Å². The van der Waals surface area contributed by atoms with Gasteiger partial charge in [0.25, 0.3) is 5.56 Å². The zero-order valence-electron chi connectivity index (χ0n) is 14.4. The van der Waals surface area contributed by atoms with Crippen molar-refractivity contribution in [3.63, 3.8) is 0 Å². The fourth-order valence-electron chi connectivity index (χ4n) is 2.86. The molecular weight excluding hydrogens is 324 g/mol. The van der Waals surface area contributed by atoms with E-state index in [-0.39, 0.29) is 12.2 Å². The van der Waals surface area contributed by atoms with Crippen LogP contribution in [0.25, 0.3) is 16.8 Å². The van der Waals surface area contributed by atoms with Crippen LogP contribution in [0.1, 0.15) is 11.3 Å². The number of nitrogens with zero attached hydrogens (tertiary/aromatic N) is 2. The molecule has 4 heteroatoms. The van der Waals surface area contributed by atoms with E-state index in [1.165, 1.54) is 11.6 Å². The molecule has 0 aliphatic rings. The Labute approximate surface area is 151 Å². The lowest BCUT2D eigenvalue weighted by atomic mass is 10.1. The molecule has 26 heavy (non-hydrogen) atoms. The summed E-state index contributed by atoms with van der Waals surface area (Å²) in [5.41, 5.74) is 4.46. The van der Waals surface area contributed by atoms with Gasteiger partial charge in [-0.05, 0) is 41.8 Å². The molecule has 0 fully saturated rings. The number of benzene rings is 2. The van der Waals surface area contributed by atoms with Gasteiger partial charge in [-0.2, -0.15) is 0 Å². The van der Waals surface area contributed by atoms with E-state index in [4.69, 9.17) is 4.74 Å². The summed E-state index contributed by atoms with van der Waals surface area (Å²) < 4.78 is 7.35. The molecule has 4 nitrogen and oxygen atoms in total. The van der Waals surface area contributed by atoms with Gasteiger partial charge in [0, 0.05) is 12.3 Å². The summed E-state index contributed by atoms with van der Waals surface area (Å²) in [6, 6.07) is 23.4. The monoisotopic (exact) mass is 342 g/mol. The largest absolute Gasteiger partial charge is 0.487 e. The maximum absolute atomic E-state index is 12.2. The van der Waals surface area contributed by atoms with Crippen LogP contribution in [0.3, 0.4) is 0 Å². The Kier molecular flexibility index (Phi) is 4.23. The van der Waals surface area contributed by atoms with Crippen LogP contribution >= 0.6 is 0 Å². The average Bonchev–Trinajstić information content (AvgIpc) is 2.68. The quantitative estimate of drug-likeness (QED) is 0.557. The van der Waals surface area contributed by atoms with Gasteiger partial charge in [0.1, 0.15) is 18.0 Å². The molecule has 0 amide bonds. The third kappa shape index (κ3) is 3.35. The van der Waals surface area contributed by atoms with Crippen molar-refractivity contribution in [2.75, 3.05) is 0 Å². The van der Waals surface area contributed by atoms with Crippen LogP contribution in [-0.2, 0) is 6.61 Å². The Morgan fingerprint density at radius 2 is 1.65 bits per heavy atom. The lowest BCUT2D eigenvalue weighted by molar-refractivity contribution is 0.301. The maximum Gasteiger partial charge on any atom is 0.258 e. The topological polar surface area (TPSA) is 43.6 Å². The fourth-order valence-corrected chi connectivity index (χ4v) is 2.86. The van der Waals surface area contributed by atoms with E-state index in [0.717, 1.165) is 16.9 Å². The number of ether oxygens (including phenoxy) is 1. The molecular formula is C22H18N2O2. The molecule has 0 unspecified atom stereocenters. The predicted molar refractivity (Wildman–Crippen MR) is 102 cm³/mol. The zero-order chi connectivity index (χ0) is 17.9. The Bertz CT molecular complexity index is 1100. The van der Waals surface area contributed by atoms with Gasteiger partial charge < -0.3 is 4.74 Å². The van der Waals surface area contributed by atoms with Crippen molar-refractivity contribution < 1.29 is 4.74 Å². The maximum atomic E-state index is 12.2. The SMILES string of the molecule is Cc1ccc2nc(COc3ccc(-c4ccccc4)cc3)cc(=O)n2c1. The van der Waals surface area contributed by atoms with E-state index >= 15 is 0 Å². The first-order valence-electron chi connectivity index (χ1n) is 8.46. The second kappa shape index (κ2) is 6.84. The zero-order valence-corrected chi connectivity index (χ0v) is 14.4. The lowest BCUT2D eigenvalue weighted by Gasteiger charge is -2.08. The van der Waals surface area contributed by atoms with Crippen LogP contribution in [0.2, 0.25) is 0 Å². The molecule has 0 aliphatic carbocycles. The Balaban J connectivity index is 1.51.